The number of halogens is 1. The molecule has 5 nitrogen and oxygen atoms in total. The van der Waals surface area contributed by atoms with Gasteiger partial charge in [-0.15, -0.1) is 0 Å². The van der Waals surface area contributed by atoms with Crippen LogP contribution in [0.15, 0.2) is 42.5 Å². The summed E-state index contributed by atoms with van der Waals surface area (Å²) in [4.78, 5) is 12.0. The predicted molar refractivity (Wildman–Crippen MR) is 87.3 cm³/mol. The van der Waals surface area contributed by atoms with Gasteiger partial charge >= 0.3 is 0 Å². The van der Waals surface area contributed by atoms with Crippen molar-refractivity contribution >= 4 is 17.7 Å². The molecular formula is C18H16FNO4. The highest BCUT2D eigenvalue weighted by Crippen LogP contribution is 2.30. The van der Waals surface area contributed by atoms with Crippen molar-refractivity contribution in [1.82, 2.24) is 0 Å². The minimum absolute atomic E-state index is 0.107. The molecule has 1 N–H and O–H groups in total. The van der Waals surface area contributed by atoms with E-state index in [9.17, 15) is 9.18 Å². The number of anilines is 1. The fraction of sp³-hybridized carbons (Fsp3) is 0.167. The highest BCUT2D eigenvalue weighted by atomic mass is 19.1. The first kappa shape index (κ1) is 16.0. The number of hydrogen-bond acceptors (Lipinski definition) is 4. The van der Waals surface area contributed by atoms with Gasteiger partial charge in [0.05, 0.1) is 13.7 Å². The molecule has 3 rings (SSSR count). The Hall–Kier alpha value is -2.86. The lowest BCUT2D eigenvalue weighted by atomic mass is 10.1. The zero-order chi connectivity index (χ0) is 16.9. The Balaban J connectivity index is 1.75. The second-order valence-electron chi connectivity index (χ2n) is 5.15. The summed E-state index contributed by atoms with van der Waals surface area (Å²) < 4.78 is 29.3. The standard InChI is InChI=1S/C18H16FNO4/c1-22-16-4-2-3-15(9-16)20-17(21)6-5-12-7-14(19)8-13-10-23-11-24-18(12)13/h2-9H,10-11H2,1H3,(H,20,21)/b6-5+. The van der Waals surface area contributed by atoms with E-state index in [-0.39, 0.29) is 19.3 Å². The fourth-order valence-corrected chi connectivity index (χ4v) is 2.38. The van der Waals surface area contributed by atoms with Crippen molar-refractivity contribution in [1.29, 1.82) is 0 Å². The lowest BCUT2D eigenvalue weighted by Crippen LogP contribution is -2.13. The van der Waals surface area contributed by atoms with Crippen LogP contribution >= 0.6 is 0 Å². The maximum absolute atomic E-state index is 13.7. The van der Waals surface area contributed by atoms with Gasteiger partial charge in [0.25, 0.3) is 0 Å². The first-order chi connectivity index (χ1) is 11.7. The number of nitrogens with one attached hydrogen (secondary N) is 1. The Labute approximate surface area is 138 Å². The molecule has 0 saturated carbocycles. The van der Waals surface area contributed by atoms with Gasteiger partial charge in [-0.3, -0.25) is 4.79 Å². The van der Waals surface area contributed by atoms with Crippen LogP contribution in [0.1, 0.15) is 11.1 Å². The number of carbonyl (C=O) groups excluding carboxylic acids is 1. The Morgan fingerprint density at radius 2 is 2.21 bits per heavy atom. The van der Waals surface area contributed by atoms with Gasteiger partial charge in [-0.25, -0.2) is 4.39 Å². The van der Waals surface area contributed by atoms with Crippen molar-refractivity contribution in [3.05, 3.63) is 59.4 Å². The first-order valence-electron chi connectivity index (χ1n) is 7.32. The third kappa shape index (κ3) is 3.72. The average Bonchev–Trinajstić information content (AvgIpc) is 2.59. The summed E-state index contributed by atoms with van der Waals surface area (Å²) in [5.74, 6) is 0.432. The van der Waals surface area contributed by atoms with Crippen molar-refractivity contribution in [3.8, 4) is 11.5 Å². The molecule has 0 saturated heterocycles. The second kappa shape index (κ2) is 7.14. The van der Waals surface area contributed by atoms with Gasteiger partial charge in [-0.2, -0.15) is 0 Å². The van der Waals surface area contributed by atoms with Crippen LogP contribution in [0.5, 0.6) is 11.5 Å². The zero-order valence-electron chi connectivity index (χ0n) is 13.0. The van der Waals surface area contributed by atoms with Crippen LogP contribution in [0.3, 0.4) is 0 Å². The van der Waals surface area contributed by atoms with Gasteiger partial charge < -0.3 is 19.5 Å². The molecule has 0 unspecified atom stereocenters. The van der Waals surface area contributed by atoms with Crippen LogP contribution in [0.2, 0.25) is 0 Å². The molecule has 0 spiro atoms. The first-order valence-corrected chi connectivity index (χ1v) is 7.32. The summed E-state index contributed by atoms with van der Waals surface area (Å²) in [5.41, 5.74) is 1.72. The Morgan fingerprint density at radius 3 is 3.04 bits per heavy atom. The van der Waals surface area contributed by atoms with E-state index in [4.69, 9.17) is 14.2 Å². The third-order valence-corrected chi connectivity index (χ3v) is 3.46. The molecular weight excluding hydrogens is 313 g/mol. The molecule has 0 aliphatic carbocycles. The second-order valence-corrected chi connectivity index (χ2v) is 5.15. The maximum Gasteiger partial charge on any atom is 0.248 e. The number of amides is 1. The van der Waals surface area contributed by atoms with Crippen molar-refractivity contribution in [2.45, 2.75) is 6.61 Å². The summed E-state index contributed by atoms with van der Waals surface area (Å²) in [6, 6.07) is 9.69. The van der Waals surface area contributed by atoms with Gasteiger partial charge in [-0.1, -0.05) is 6.07 Å². The van der Waals surface area contributed by atoms with Gasteiger partial charge in [0.15, 0.2) is 6.79 Å². The Kier molecular flexibility index (Phi) is 4.77. The fourth-order valence-electron chi connectivity index (χ4n) is 2.38. The molecule has 0 fully saturated rings. The van der Waals surface area contributed by atoms with E-state index in [0.29, 0.717) is 28.3 Å². The van der Waals surface area contributed by atoms with E-state index in [0.717, 1.165) is 0 Å². The largest absolute Gasteiger partial charge is 0.497 e. The highest BCUT2D eigenvalue weighted by molar-refractivity contribution is 6.02. The molecule has 1 amide bonds. The van der Waals surface area contributed by atoms with Crippen LogP contribution in [0.4, 0.5) is 10.1 Å². The number of methoxy groups -OCH3 is 1. The number of fused-ring (bicyclic) bond motifs is 1. The number of rotatable bonds is 4. The zero-order valence-corrected chi connectivity index (χ0v) is 13.0. The molecule has 6 heteroatoms. The minimum Gasteiger partial charge on any atom is -0.497 e. The monoisotopic (exact) mass is 329 g/mol. The van der Waals surface area contributed by atoms with Crippen molar-refractivity contribution < 1.29 is 23.4 Å². The predicted octanol–water partition coefficient (Wildman–Crippen LogP) is 3.35. The van der Waals surface area contributed by atoms with Gasteiger partial charge in [0.2, 0.25) is 5.91 Å². The molecule has 2 aromatic rings. The van der Waals surface area contributed by atoms with Gasteiger partial charge in [-0.05, 0) is 30.3 Å². The normalized spacial score (nSPS) is 13.2. The van der Waals surface area contributed by atoms with Crippen LogP contribution in [0.25, 0.3) is 6.08 Å². The minimum atomic E-state index is -0.407. The molecule has 0 atom stereocenters. The molecule has 1 aliphatic rings. The number of ether oxygens (including phenoxy) is 3. The third-order valence-electron chi connectivity index (χ3n) is 3.46. The summed E-state index contributed by atoms with van der Waals surface area (Å²) in [7, 11) is 1.55. The number of benzene rings is 2. The molecule has 1 heterocycles. The van der Waals surface area contributed by atoms with E-state index in [1.54, 1.807) is 31.4 Å². The summed E-state index contributed by atoms with van der Waals surface area (Å²) in [6.07, 6.45) is 2.84. The molecule has 0 bridgehead atoms. The number of hydrogen-bond donors (Lipinski definition) is 1. The van der Waals surface area contributed by atoms with Crippen LogP contribution in [0, 0.1) is 5.82 Å². The van der Waals surface area contributed by atoms with E-state index < -0.39 is 5.82 Å². The van der Waals surface area contributed by atoms with Crippen molar-refractivity contribution in [2.24, 2.45) is 0 Å². The highest BCUT2D eigenvalue weighted by Gasteiger charge is 2.15. The lowest BCUT2D eigenvalue weighted by molar-refractivity contribution is -0.111. The van der Waals surface area contributed by atoms with E-state index in [1.165, 1.54) is 24.3 Å². The molecule has 124 valence electrons. The van der Waals surface area contributed by atoms with Gasteiger partial charge in [0.1, 0.15) is 17.3 Å². The van der Waals surface area contributed by atoms with E-state index in [1.807, 2.05) is 0 Å². The van der Waals surface area contributed by atoms with Crippen LogP contribution in [-0.2, 0) is 16.1 Å². The van der Waals surface area contributed by atoms with E-state index >= 15 is 0 Å². The van der Waals surface area contributed by atoms with Crippen molar-refractivity contribution in [2.75, 3.05) is 19.2 Å². The Morgan fingerprint density at radius 1 is 1.33 bits per heavy atom. The maximum atomic E-state index is 13.7. The summed E-state index contributed by atoms with van der Waals surface area (Å²) >= 11 is 0. The molecule has 0 radical (unpaired) electrons. The molecule has 1 aliphatic heterocycles. The van der Waals surface area contributed by atoms with Crippen LogP contribution in [-0.4, -0.2) is 19.8 Å². The van der Waals surface area contributed by atoms with Gasteiger partial charge in [0, 0.05) is 29.0 Å². The van der Waals surface area contributed by atoms with E-state index in [2.05, 4.69) is 5.32 Å². The topological polar surface area (TPSA) is 56.8 Å². The average molecular weight is 329 g/mol. The smallest absolute Gasteiger partial charge is 0.248 e. The SMILES string of the molecule is COc1cccc(NC(=O)/C=C/c2cc(F)cc3c2OCOC3)c1. The Bertz CT molecular complexity index is 789. The lowest BCUT2D eigenvalue weighted by Gasteiger charge is -2.19. The quantitative estimate of drug-likeness (QED) is 0.874. The molecule has 24 heavy (non-hydrogen) atoms. The molecule has 2 aromatic carbocycles. The summed E-state index contributed by atoms with van der Waals surface area (Å²) in [5, 5.41) is 2.72. The van der Waals surface area contributed by atoms with Crippen LogP contribution < -0.4 is 14.8 Å². The van der Waals surface area contributed by atoms with Crippen molar-refractivity contribution in [3.63, 3.8) is 0 Å². The summed E-state index contributed by atoms with van der Waals surface area (Å²) in [6.45, 7) is 0.388. The number of carbonyl (C=O) groups is 1. The molecule has 0 aromatic heterocycles.